The van der Waals surface area contributed by atoms with Gasteiger partial charge in [0.05, 0.1) is 7.11 Å². The number of ether oxygens (including phenoxy) is 2. The molecule has 0 spiro atoms. The zero-order valence-electron chi connectivity index (χ0n) is 15.4. The van der Waals surface area contributed by atoms with Gasteiger partial charge in [0, 0.05) is 5.56 Å². The van der Waals surface area contributed by atoms with Gasteiger partial charge in [0.2, 0.25) is 0 Å². The molecule has 0 N–H and O–H groups in total. The van der Waals surface area contributed by atoms with Crippen molar-refractivity contribution in [2.24, 2.45) is 5.92 Å². The predicted molar refractivity (Wildman–Crippen MR) is 102 cm³/mol. The van der Waals surface area contributed by atoms with Gasteiger partial charge in [0.25, 0.3) is 0 Å². The topological polar surface area (TPSA) is 59.3 Å². The Hall–Kier alpha value is -3.06. The molecular weight excluding hydrogens is 326 g/mol. The molecule has 0 aromatic heterocycles. The number of carbonyl (C=O) groups excluding carboxylic acids is 1. The molecule has 0 unspecified atom stereocenters. The molecule has 0 aliphatic heterocycles. The minimum atomic E-state index is -0.0510. The molecule has 0 atom stereocenters. The van der Waals surface area contributed by atoms with E-state index < -0.39 is 0 Å². The second-order valence-corrected chi connectivity index (χ2v) is 6.35. The van der Waals surface area contributed by atoms with Gasteiger partial charge in [-0.3, -0.25) is 4.79 Å². The van der Waals surface area contributed by atoms with Crippen LogP contribution in [0.5, 0.6) is 11.5 Å². The van der Waals surface area contributed by atoms with E-state index in [1.807, 2.05) is 36.4 Å². The number of carbonyl (C=O) groups is 1. The van der Waals surface area contributed by atoms with Crippen molar-refractivity contribution in [1.82, 2.24) is 0 Å². The molecule has 2 aromatic carbocycles. The molecule has 0 aliphatic rings. The van der Waals surface area contributed by atoms with Crippen molar-refractivity contribution < 1.29 is 14.3 Å². The quantitative estimate of drug-likeness (QED) is 0.512. The molecule has 134 valence electrons. The summed E-state index contributed by atoms with van der Waals surface area (Å²) in [7, 11) is 1.53. The number of hydrogen-bond donors (Lipinski definition) is 0. The van der Waals surface area contributed by atoms with Gasteiger partial charge in [-0.15, -0.1) is 0 Å². The summed E-state index contributed by atoms with van der Waals surface area (Å²) in [5.74, 6) is 1.56. The Labute approximate surface area is 154 Å². The number of nitrogens with zero attached hydrogens (tertiary/aromatic N) is 1. The molecule has 0 saturated carbocycles. The van der Waals surface area contributed by atoms with Gasteiger partial charge in [0.1, 0.15) is 6.07 Å². The van der Waals surface area contributed by atoms with E-state index in [2.05, 4.69) is 13.8 Å². The number of nitriles is 1. The minimum absolute atomic E-state index is 0.0448. The molecule has 2 aromatic rings. The van der Waals surface area contributed by atoms with Gasteiger partial charge in [-0.1, -0.05) is 50.3 Å². The van der Waals surface area contributed by atoms with E-state index in [-0.39, 0.29) is 12.4 Å². The van der Waals surface area contributed by atoms with Crippen LogP contribution in [0.2, 0.25) is 0 Å². The summed E-state index contributed by atoms with van der Waals surface area (Å²) in [4.78, 5) is 12.3. The summed E-state index contributed by atoms with van der Waals surface area (Å²) < 4.78 is 10.6. The third kappa shape index (κ3) is 5.49. The largest absolute Gasteiger partial charge is 0.493 e. The van der Waals surface area contributed by atoms with Crippen LogP contribution < -0.4 is 9.47 Å². The van der Waals surface area contributed by atoms with E-state index in [0.717, 1.165) is 12.0 Å². The highest BCUT2D eigenvalue weighted by molar-refractivity contribution is 6.06. The molecule has 0 bridgehead atoms. The Morgan fingerprint density at radius 3 is 2.50 bits per heavy atom. The molecule has 4 heteroatoms. The van der Waals surface area contributed by atoms with Crippen molar-refractivity contribution in [3.63, 3.8) is 0 Å². The summed E-state index contributed by atoms with van der Waals surface area (Å²) in [6.45, 7) is 4.30. The average Bonchev–Trinajstić information content (AvgIpc) is 2.64. The zero-order chi connectivity index (χ0) is 18.9. The van der Waals surface area contributed by atoms with Crippen LogP contribution in [-0.4, -0.2) is 19.5 Å². The summed E-state index contributed by atoms with van der Waals surface area (Å²) >= 11 is 0. The Bertz CT molecular complexity index is 814. The zero-order valence-corrected chi connectivity index (χ0v) is 15.4. The molecule has 0 saturated heterocycles. The minimum Gasteiger partial charge on any atom is -0.493 e. The van der Waals surface area contributed by atoms with Crippen LogP contribution in [0.15, 0.2) is 48.5 Å². The lowest BCUT2D eigenvalue weighted by Crippen LogP contribution is -1.98. The van der Waals surface area contributed by atoms with Crippen LogP contribution in [0.3, 0.4) is 0 Å². The monoisotopic (exact) mass is 349 g/mol. The van der Waals surface area contributed by atoms with Gasteiger partial charge in [-0.25, -0.2) is 0 Å². The van der Waals surface area contributed by atoms with Crippen molar-refractivity contribution in [1.29, 1.82) is 5.26 Å². The first-order valence-electron chi connectivity index (χ1n) is 8.52. The third-order valence-corrected chi connectivity index (χ3v) is 3.79. The second-order valence-electron chi connectivity index (χ2n) is 6.35. The van der Waals surface area contributed by atoms with Gasteiger partial charge in [0.15, 0.2) is 23.9 Å². The molecule has 4 nitrogen and oxygen atoms in total. The highest BCUT2D eigenvalue weighted by atomic mass is 16.5. The standard InChI is InChI=1S/C22H23NO3/c1-16(2)14-17-4-8-19(9-5-17)20(24)10-6-18-7-11-21(26-13-12-23)22(15-18)25-3/h4-11,15-16H,13-14H2,1-3H3/b10-6+. The first kappa shape index (κ1) is 19.3. The molecule has 0 fully saturated rings. The number of methoxy groups -OCH3 is 1. The fraction of sp³-hybridized carbons (Fsp3) is 0.273. The summed E-state index contributed by atoms with van der Waals surface area (Å²) in [6, 6.07) is 15.0. The van der Waals surface area contributed by atoms with Crippen molar-refractivity contribution in [2.45, 2.75) is 20.3 Å². The Morgan fingerprint density at radius 2 is 1.88 bits per heavy atom. The Kier molecular flexibility index (Phi) is 6.99. The highest BCUT2D eigenvalue weighted by Gasteiger charge is 2.06. The van der Waals surface area contributed by atoms with E-state index in [9.17, 15) is 4.79 Å². The van der Waals surface area contributed by atoms with E-state index in [1.165, 1.54) is 12.7 Å². The van der Waals surface area contributed by atoms with Crippen LogP contribution in [-0.2, 0) is 6.42 Å². The normalized spacial score (nSPS) is 10.7. The summed E-state index contributed by atoms with van der Waals surface area (Å²) in [5.41, 5.74) is 2.71. The molecular formula is C22H23NO3. The maximum absolute atomic E-state index is 12.3. The first-order valence-corrected chi connectivity index (χ1v) is 8.52. The number of benzene rings is 2. The fourth-order valence-corrected chi connectivity index (χ4v) is 2.56. The van der Waals surface area contributed by atoms with Crippen LogP contribution in [0.1, 0.15) is 35.3 Å². The van der Waals surface area contributed by atoms with Gasteiger partial charge in [-0.05, 0) is 41.7 Å². The molecule has 2 rings (SSSR count). The molecule has 0 aliphatic carbocycles. The predicted octanol–water partition coefficient (Wildman–Crippen LogP) is 4.69. The number of rotatable bonds is 8. The van der Waals surface area contributed by atoms with Crippen LogP contribution in [0, 0.1) is 17.2 Å². The smallest absolute Gasteiger partial charge is 0.185 e. The maximum Gasteiger partial charge on any atom is 0.185 e. The Morgan fingerprint density at radius 1 is 1.15 bits per heavy atom. The van der Waals surface area contributed by atoms with Gasteiger partial charge < -0.3 is 9.47 Å². The molecule has 0 heterocycles. The van der Waals surface area contributed by atoms with Crippen LogP contribution in [0.25, 0.3) is 6.08 Å². The van der Waals surface area contributed by atoms with E-state index in [1.54, 1.807) is 24.3 Å². The van der Waals surface area contributed by atoms with Crippen LogP contribution in [0.4, 0.5) is 0 Å². The van der Waals surface area contributed by atoms with E-state index in [4.69, 9.17) is 14.7 Å². The maximum atomic E-state index is 12.3. The average molecular weight is 349 g/mol. The summed E-state index contributed by atoms with van der Waals surface area (Å²) in [6.07, 6.45) is 4.29. The second kappa shape index (κ2) is 9.43. The lowest BCUT2D eigenvalue weighted by molar-refractivity contribution is 0.104. The first-order chi connectivity index (χ1) is 12.5. The summed E-state index contributed by atoms with van der Waals surface area (Å²) in [5, 5.41) is 8.59. The molecule has 26 heavy (non-hydrogen) atoms. The number of hydrogen-bond acceptors (Lipinski definition) is 4. The number of ketones is 1. The van der Waals surface area contributed by atoms with Crippen molar-refractivity contribution in [3.8, 4) is 17.6 Å². The third-order valence-electron chi connectivity index (χ3n) is 3.79. The number of allylic oxidation sites excluding steroid dienone is 1. The van der Waals surface area contributed by atoms with Crippen molar-refractivity contribution in [2.75, 3.05) is 13.7 Å². The highest BCUT2D eigenvalue weighted by Crippen LogP contribution is 2.28. The SMILES string of the molecule is COc1cc(/C=C/C(=O)c2ccc(CC(C)C)cc2)ccc1OCC#N. The van der Waals surface area contributed by atoms with Gasteiger partial charge in [-0.2, -0.15) is 5.26 Å². The fourth-order valence-electron chi connectivity index (χ4n) is 2.56. The van der Waals surface area contributed by atoms with Crippen LogP contribution >= 0.6 is 0 Å². The van der Waals surface area contributed by atoms with E-state index in [0.29, 0.717) is 23.0 Å². The van der Waals surface area contributed by atoms with Gasteiger partial charge >= 0.3 is 0 Å². The lowest BCUT2D eigenvalue weighted by Gasteiger charge is -2.08. The Balaban J connectivity index is 2.08. The lowest BCUT2D eigenvalue weighted by atomic mass is 10.0. The van der Waals surface area contributed by atoms with Crippen molar-refractivity contribution >= 4 is 11.9 Å². The molecule has 0 amide bonds. The van der Waals surface area contributed by atoms with Crippen molar-refractivity contribution in [3.05, 3.63) is 65.2 Å². The van der Waals surface area contributed by atoms with E-state index >= 15 is 0 Å². The molecule has 0 radical (unpaired) electrons.